The number of unbranched alkanes of at least 4 members (excludes halogenated alkanes) is 1. The van der Waals surface area contributed by atoms with Gasteiger partial charge in [-0.05, 0) is 123 Å². The van der Waals surface area contributed by atoms with Gasteiger partial charge in [0.25, 0.3) is 0 Å². The molecule has 0 unspecified atom stereocenters. The Morgan fingerprint density at radius 3 is 2.06 bits per heavy atom. The Bertz CT molecular complexity index is 1200. The lowest BCUT2D eigenvalue weighted by Gasteiger charge is -2.57. The Kier molecular flexibility index (Phi) is 6.15. The molecule has 4 saturated carbocycles. The number of methoxy groups -OCH3 is 3. The van der Waals surface area contributed by atoms with E-state index in [1.807, 2.05) is 0 Å². The summed E-state index contributed by atoms with van der Waals surface area (Å²) in [6.45, 7) is 0.723. The lowest BCUT2D eigenvalue weighted by atomic mass is 9.48. The van der Waals surface area contributed by atoms with E-state index in [0.717, 1.165) is 54.8 Å². The van der Waals surface area contributed by atoms with Crippen molar-refractivity contribution >= 4 is 10.9 Å². The zero-order valence-corrected chi connectivity index (χ0v) is 22.0. The summed E-state index contributed by atoms with van der Waals surface area (Å²) in [4.78, 5) is 3.77. The van der Waals surface area contributed by atoms with Gasteiger partial charge in [0.1, 0.15) is 0 Å². The minimum absolute atomic E-state index is 0.390. The van der Waals surface area contributed by atoms with Gasteiger partial charge in [0.05, 0.1) is 21.3 Å². The molecule has 0 amide bonds. The van der Waals surface area contributed by atoms with Gasteiger partial charge in [-0.25, -0.2) is 0 Å². The van der Waals surface area contributed by atoms with Crippen LogP contribution in [0.3, 0.4) is 0 Å². The number of aromatic amines is 1. The summed E-state index contributed by atoms with van der Waals surface area (Å²) in [5.74, 6) is 4.79. The van der Waals surface area contributed by atoms with Gasteiger partial charge in [-0.3, -0.25) is 0 Å². The number of hydrogen-bond acceptors (Lipinski definition) is 4. The third-order valence-corrected chi connectivity index (χ3v) is 9.39. The number of nitrogens with one attached hydrogen (secondary N) is 1. The van der Waals surface area contributed by atoms with Crippen molar-refractivity contribution in [2.24, 2.45) is 23.5 Å². The third kappa shape index (κ3) is 3.87. The Morgan fingerprint density at radius 2 is 1.50 bits per heavy atom. The Morgan fingerprint density at radius 1 is 0.861 bits per heavy atom. The summed E-state index contributed by atoms with van der Waals surface area (Å²) in [5, 5.41) is 1.36. The Hall–Kier alpha value is -2.66. The molecule has 192 valence electrons. The largest absolute Gasteiger partial charge is 0.493 e. The molecule has 0 aliphatic heterocycles. The van der Waals surface area contributed by atoms with E-state index in [1.165, 1.54) is 55.0 Å². The van der Waals surface area contributed by atoms with E-state index in [0.29, 0.717) is 22.7 Å². The van der Waals surface area contributed by atoms with Gasteiger partial charge in [-0.15, -0.1) is 0 Å². The predicted molar refractivity (Wildman–Crippen MR) is 145 cm³/mol. The lowest BCUT2D eigenvalue weighted by Crippen LogP contribution is -2.48. The van der Waals surface area contributed by atoms with E-state index in [9.17, 15) is 0 Å². The maximum Gasteiger partial charge on any atom is 0.203 e. The van der Waals surface area contributed by atoms with Crippen LogP contribution in [0, 0.1) is 17.8 Å². The second kappa shape index (κ2) is 9.33. The highest BCUT2D eigenvalue weighted by Crippen LogP contribution is 2.61. The molecule has 7 rings (SSSR count). The number of aromatic nitrogens is 1. The van der Waals surface area contributed by atoms with Crippen LogP contribution >= 0.6 is 0 Å². The topological polar surface area (TPSA) is 69.5 Å². The highest BCUT2D eigenvalue weighted by atomic mass is 16.5. The zero-order chi connectivity index (χ0) is 24.9. The van der Waals surface area contributed by atoms with E-state index in [-0.39, 0.29) is 0 Å². The number of aryl methyl sites for hydroxylation is 1. The smallest absolute Gasteiger partial charge is 0.203 e. The Balaban J connectivity index is 1.47. The highest BCUT2D eigenvalue weighted by molar-refractivity contribution is 5.92. The van der Waals surface area contributed by atoms with Crippen molar-refractivity contribution in [3.63, 3.8) is 0 Å². The second-order valence-electron chi connectivity index (χ2n) is 11.6. The van der Waals surface area contributed by atoms with Crippen LogP contribution in [0.4, 0.5) is 0 Å². The number of hydrogen-bond donors (Lipinski definition) is 2. The van der Waals surface area contributed by atoms with E-state index in [1.54, 1.807) is 26.9 Å². The summed E-state index contributed by atoms with van der Waals surface area (Å²) >= 11 is 0. The zero-order valence-electron chi connectivity index (χ0n) is 22.0. The summed E-state index contributed by atoms with van der Waals surface area (Å²) in [6, 6.07) is 11.4. The van der Waals surface area contributed by atoms with Crippen molar-refractivity contribution in [3.05, 3.63) is 41.5 Å². The van der Waals surface area contributed by atoms with E-state index in [4.69, 9.17) is 19.9 Å². The van der Waals surface area contributed by atoms with Crippen LogP contribution in [-0.4, -0.2) is 32.9 Å². The molecule has 3 aromatic rings. The lowest BCUT2D eigenvalue weighted by molar-refractivity contribution is -0.00513. The number of H-pyrrole nitrogens is 1. The maximum absolute atomic E-state index is 5.88. The van der Waals surface area contributed by atoms with Crippen LogP contribution in [0.25, 0.3) is 22.2 Å². The van der Waals surface area contributed by atoms with Crippen LogP contribution in [0.2, 0.25) is 0 Å². The van der Waals surface area contributed by atoms with Crippen LogP contribution in [-0.2, 0) is 11.8 Å². The van der Waals surface area contributed by atoms with E-state index < -0.39 is 0 Å². The third-order valence-electron chi connectivity index (χ3n) is 9.39. The minimum atomic E-state index is 0.390. The number of fused-ring (bicyclic) bond motifs is 1. The van der Waals surface area contributed by atoms with Gasteiger partial charge >= 0.3 is 0 Å². The molecule has 3 N–H and O–H groups in total. The highest BCUT2D eigenvalue weighted by Gasteiger charge is 2.51. The van der Waals surface area contributed by atoms with E-state index in [2.05, 4.69) is 35.3 Å². The Labute approximate surface area is 214 Å². The second-order valence-corrected chi connectivity index (χ2v) is 11.6. The molecule has 4 aliphatic rings. The minimum Gasteiger partial charge on any atom is -0.493 e. The molecule has 0 spiro atoms. The number of ether oxygens (including phenoxy) is 3. The van der Waals surface area contributed by atoms with Crippen molar-refractivity contribution in [3.8, 4) is 28.5 Å². The van der Waals surface area contributed by atoms with Crippen LogP contribution < -0.4 is 19.9 Å². The first kappa shape index (κ1) is 23.7. The van der Waals surface area contributed by atoms with Crippen molar-refractivity contribution in [2.75, 3.05) is 27.9 Å². The molecule has 4 aliphatic carbocycles. The molecule has 4 bridgehead atoms. The summed E-state index contributed by atoms with van der Waals surface area (Å²) in [7, 11) is 4.99. The number of rotatable bonds is 9. The normalized spacial score (nSPS) is 26.5. The van der Waals surface area contributed by atoms with Gasteiger partial charge in [-0.1, -0.05) is 6.07 Å². The molecule has 0 atom stereocenters. The van der Waals surface area contributed by atoms with Gasteiger partial charge < -0.3 is 24.9 Å². The molecule has 2 aromatic carbocycles. The summed E-state index contributed by atoms with van der Waals surface area (Å²) in [6.07, 6.45) is 11.7. The van der Waals surface area contributed by atoms with Crippen LogP contribution in [0.1, 0.15) is 62.5 Å². The molecule has 1 aromatic heterocycles. The van der Waals surface area contributed by atoms with Gasteiger partial charge in [-0.2, -0.15) is 0 Å². The molecular formula is C31H40N2O3. The van der Waals surface area contributed by atoms with Crippen LogP contribution in [0.5, 0.6) is 17.2 Å². The van der Waals surface area contributed by atoms with Gasteiger partial charge in [0.15, 0.2) is 11.5 Å². The molecule has 0 saturated heterocycles. The maximum atomic E-state index is 5.88. The van der Waals surface area contributed by atoms with Crippen molar-refractivity contribution in [1.29, 1.82) is 0 Å². The fourth-order valence-corrected chi connectivity index (χ4v) is 8.22. The molecule has 1 heterocycles. The van der Waals surface area contributed by atoms with Gasteiger partial charge in [0.2, 0.25) is 5.75 Å². The van der Waals surface area contributed by atoms with E-state index >= 15 is 0 Å². The summed E-state index contributed by atoms with van der Waals surface area (Å²) in [5.41, 5.74) is 12.6. The van der Waals surface area contributed by atoms with Crippen molar-refractivity contribution < 1.29 is 14.2 Å². The average molecular weight is 489 g/mol. The fourth-order valence-electron chi connectivity index (χ4n) is 8.22. The van der Waals surface area contributed by atoms with Crippen LogP contribution in [0.15, 0.2) is 30.3 Å². The van der Waals surface area contributed by atoms with Crippen molar-refractivity contribution in [1.82, 2.24) is 4.98 Å². The number of benzene rings is 2. The first-order chi connectivity index (χ1) is 17.6. The molecule has 5 nitrogen and oxygen atoms in total. The van der Waals surface area contributed by atoms with Crippen molar-refractivity contribution in [2.45, 2.75) is 63.2 Å². The molecule has 0 radical (unpaired) electrons. The quantitative estimate of drug-likeness (QED) is 0.333. The molecule has 36 heavy (non-hydrogen) atoms. The van der Waals surface area contributed by atoms with Gasteiger partial charge in [0, 0.05) is 22.2 Å². The summed E-state index contributed by atoms with van der Waals surface area (Å²) < 4.78 is 16.9. The predicted octanol–water partition coefficient (Wildman–Crippen LogP) is 6.61. The molecular weight excluding hydrogens is 448 g/mol. The fraction of sp³-hybridized carbons (Fsp3) is 0.548. The SMILES string of the molecule is COc1cc(-c2[nH]c3ccc(C45CC6CC(CC(C6)C4)C5)cc3c2CCCCN)cc(OC)c1OC. The molecule has 5 heteroatoms. The monoisotopic (exact) mass is 488 g/mol. The first-order valence-electron chi connectivity index (χ1n) is 13.7. The average Bonchev–Trinajstić information content (AvgIpc) is 3.25. The number of nitrogens with two attached hydrogens (primary N) is 1. The first-order valence-corrected chi connectivity index (χ1v) is 13.7. The molecule has 4 fully saturated rings. The standard InChI is InChI=1S/C31H40N2O3/c1-34-27-13-22(14-28(35-2)30(27)36-3)29-24(6-4-5-9-32)25-15-23(7-8-26(25)33-29)31-16-19-10-20(17-31)12-21(11-19)18-31/h7-8,13-15,19-21,33H,4-6,9-12,16-18,32H2,1-3H3.